The van der Waals surface area contributed by atoms with E-state index in [1.165, 1.54) is 31.5 Å². The molecule has 0 amide bonds. The van der Waals surface area contributed by atoms with Gasteiger partial charge in [-0.3, -0.25) is 0 Å². The average Bonchev–Trinajstić information content (AvgIpc) is 2.59. The van der Waals surface area contributed by atoms with Gasteiger partial charge in [0.05, 0.1) is 5.69 Å². The molecule has 1 aliphatic heterocycles. The Labute approximate surface area is 98.1 Å². The molecule has 0 radical (unpaired) electrons. The quantitative estimate of drug-likeness (QED) is 0.851. The number of anilines is 1. The van der Waals surface area contributed by atoms with Crippen molar-refractivity contribution >= 4 is 5.82 Å². The lowest BCUT2D eigenvalue weighted by atomic mass is 10.0. The average molecular weight is 221 g/mol. The summed E-state index contributed by atoms with van der Waals surface area (Å²) in [4.78, 5) is 4.79. The molecule has 0 fully saturated rings. The van der Waals surface area contributed by atoms with Crippen molar-refractivity contribution < 1.29 is 0 Å². The molecule has 1 aromatic heterocycles. The lowest BCUT2D eigenvalue weighted by molar-refractivity contribution is 0.467. The molecule has 90 valence electrons. The molecular weight excluding hydrogens is 198 g/mol. The Hall–Kier alpha value is -0.990. The van der Waals surface area contributed by atoms with Crippen LogP contribution in [0.3, 0.4) is 0 Å². The molecule has 1 aliphatic rings. The molecule has 16 heavy (non-hydrogen) atoms. The summed E-state index contributed by atoms with van der Waals surface area (Å²) >= 11 is 0. The Kier molecular flexibility index (Phi) is 3.22. The van der Waals surface area contributed by atoms with Crippen LogP contribution < -0.4 is 5.73 Å². The number of aromatic nitrogens is 2. The van der Waals surface area contributed by atoms with Crippen LogP contribution in [-0.2, 0) is 6.54 Å². The molecule has 0 bridgehead atoms. The van der Waals surface area contributed by atoms with Crippen LogP contribution in [0.1, 0.15) is 69.8 Å². The zero-order valence-electron chi connectivity index (χ0n) is 10.7. The van der Waals surface area contributed by atoms with Crippen LogP contribution in [0.25, 0.3) is 0 Å². The Morgan fingerprint density at radius 3 is 2.94 bits per heavy atom. The van der Waals surface area contributed by atoms with Crippen molar-refractivity contribution in [2.24, 2.45) is 0 Å². The lowest BCUT2D eigenvalue weighted by Gasteiger charge is -2.20. The van der Waals surface area contributed by atoms with E-state index in [-0.39, 0.29) is 0 Å². The molecule has 0 aliphatic carbocycles. The van der Waals surface area contributed by atoms with Gasteiger partial charge in [0.2, 0.25) is 0 Å². The first-order valence-electron chi connectivity index (χ1n) is 6.50. The van der Waals surface area contributed by atoms with Crippen molar-refractivity contribution in [2.45, 2.75) is 64.8 Å². The van der Waals surface area contributed by atoms with Crippen LogP contribution in [0.5, 0.6) is 0 Å². The number of imidazole rings is 1. The van der Waals surface area contributed by atoms with Crippen molar-refractivity contribution in [3.05, 3.63) is 11.5 Å². The lowest BCUT2D eigenvalue weighted by Crippen LogP contribution is -2.15. The second-order valence-electron chi connectivity index (χ2n) is 5.13. The van der Waals surface area contributed by atoms with Crippen LogP contribution in [0, 0.1) is 0 Å². The third-order valence-electron chi connectivity index (χ3n) is 3.71. The van der Waals surface area contributed by atoms with Gasteiger partial charge in [0.25, 0.3) is 0 Å². The van der Waals surface area contributed by atoms with Crippen LogP contribution in [0.2, 0.25) is 0 Å². The minimum absolute atomic E-state index is 0.496. The Bertz CT molecular complexity index is 367. The highest BCUT2D eigenvalue weighted by molar-refractivity contribution is 5.41. The molecule has 2 heterocycles. The Morgan fingerprint density at radius 1 is 1.56 bits per heavy atom. The number of rotatable bonds is 3. The molecular formula is C13H23N3. The maximum Gasteiger partial charge on any atom is 0.127 e. The molecule has 0 saturated heterocycles. The molecule has 0 aromatic carbocycles. The molecule has 1 aromatic rings. The third-order valence-corrected chi connectivity index (χ3v) is 3.71. The van der Waals surface area contributed by atoms with Crippen molar-refractivity contribution in [3.8, 4) is 0 Å². The van der Waals surface area contributed by atoms with E-state index in [4.69, 9.17) is 10.7 Å². The summed E-state index contributed by atoms with van der Waals surface area (Å²) in [6.45, 7) is 7.76. The van der Waals surface area contributed by atoms with Crippen LogP contribution in [0.15, 0.2) is 0 Å². The van der Waals surface area contributed by atoms with E-state index in [1.807, 2.05) is 0 Å². The second-order valence-corrected chi connectivity index (χ2v) is 5.13. The second kappa shape index (κ2) is 4.48. The largest absolute Gasteiger partial charge is 0.384 e. The molecule has 2 unspecified atom stereocenters. The molecule has 0 saturated carbocycles. The standard InChI is InChI=1S/C13H23N3/c1-4-6-9(2)11-12(14)16-8-5-7-10(3)13(16)15-11/h9-10H,4-8,14H2,1-3H3. The number of fused-ring (bicyclic) bond motifs is 1. The van der Waals surface area contributed by atoms with Crippen LogP contribution >= 0.6 is 0 Å². The SMILES string of the molecule is CCCC(C)c1nc2n(c1N)CCCC2C. The molecule has 2 rings (SSSR count). The number of nitrogen functional groups attached to an aromatic ring is 1. The van der Waals surface area contributed by atoms with Gasteiger partial charge < -0.3 is 10.3 Å². The van der Waals surface area contributed by atoms with Gasteiger partial charge in [0, 0.05) is 18.4 Å². The third kappa shape index (κ3) is 1.83. The fraction of sp³-hybridized carbons (Fsp3) is 0.769. The molecule has 0 spiro atoms. The first kappa shape index (κ1) is 11.5. The van der Waals surface area contributed by atoms with Gasteiger partial charge in [-0.2, -0.15) is 0 Å². The summed E-state index contributed by atoms with van der Waals surface area (Å²) < 4.78 is 2.23. The van der Waals surface area contributed by atoms with E-state index in [1.54, 1.807) is 0 Å². The summed E-state index contributed by atoms with van der Waals surface area (Å²) in [7, 11) is 0. The van der Waals surface area contributed by atoms with Crippen molar-refractivity contribution in [1.82, 2.24) is 9.55 Å². The summed E-state index contributed by atoms with van der Waals surface area (Å²) in [6.07, 6.45) is 4.85. The normalized spacial score (nSPS) is 21.8. The highest BCUT2D eigenvalue weighted by Crippen LogP contribution is 2.33. The predicted octanol–water partition coefficient (Wildman–Crippen LogP) is 3.27. The van der Waals surface area contributed by atoms with Gasteiger partial charge >= 0.3 is 0 Å². The van der Waals surface area contributed by atoms with E-state index in [0.29, 0.717) is 11.8 Å². The Morgan fingerprint density at radius 2 is 2.31 bits per heavy atom. The van der Waals surface area contributed by atoms with Crippen molar-refractivity contribution in [3.63, 3.8) is 0 Å². The highest BCUT2D eigenvalue weighted by atomic mass is 15.2. The van der Waals surface area contributed by atoms with Gasteiger partial charge in [0.15, 0.2) is 0 Å². The highest BCUT2D eigenvalue weighted by Gasteiger charge is 2.24. The van der Waals surface area contributed by atoms with Gasteiger partial charge in [-0.1, -0.05) is 27.2 Å². The summed E-state index contributed by atoms with van der Waals surface area (Å²) in [5, 5.41) is 0. The summed E-state index contributed by atoms with van der Waals surface area (Å²) in [5.41, 5.74) is 7.35. The maximum atomic E-state index is 6.22. The fourth-order valence-corrected chi connectivity index (χ4v) is 2.73. The van der Waals surface area contributed by atoms with Gasteiger partial charge in [-0.05, 0) is 19.3 Å². The van der Waals surface area contributed by atoms with Crippen LogP contribution in [0.4, 0.5) is 5.82 Å². The number of hydrogen-bond donors (Lipinski definition) is 1. The zero-order valence-corrected chi connectivity index (χ0v) is 10.7. The summed E-state index contributed by atoms with van der Waals surface area (Å²) in [6, 6.07) is 0. The first-order valence-corrected chi connectivity index (χ1v) is 6.50. The molecule has 3 nitrogen and oxygen atoms in total. The molecule has 2 atom stereocenters. The topological polar surface area (TPSA) is 43.8 Å². The van der Waals surface area contributed by atoms with Gasteiger partial charge in [-0.25, -0.2) is 4.98 Å². The minimum atomic E-state index is 0.496. The minimum Gasteiger partial charge on any atom is -0.384 e. The maximum absolute atomic E-state index is 6.22. The number of nitrogens with zero attached hydrogens (tertiary/aromatic N) is 2. The van der Waals surface area contributed by atoms with E-state index in [2.05, 4.69) is 25.3 Å². The monoisotopic (exact) mass is 221 g/mol. The fourth-order valence-electron chi connectivity index (χ4n) is 2.73. The summed E-state index contributed by atoms with van der Waals surface area (Å²) in [5.74, 6) is 3.19. The molecule has 2 N–H and O–H groups in total. The zero-order chi connectivity index (χ0) is 11.7. The molecule has 3 heteroatoms. The smallest absolute Gasteiger partial charge is 0.127 e. The number of nitrogens with two attached hydrogens (primary N) is 1. The van der Waals surface area contributed by atoms with Gasteiger partial charge in [-0.15, -0.1) is 0 Å². The van der Waals surface area contributed by atoms with Crippen LogP contribution in [-0.4, -0.2) is 9.55 Å². The number of hydrogen-bond acceptors (Lipinski definition) is 2. The first-order chi connectivity index (χ1) is 7.65. The predicted molar refractivity (Wildman–Crippen MR) is 67.6 cm³/mol. The van der Waals surface area contributed by atoms with E-state index < -0.39 is 0 Å². The van der Waals surface area contributed by atoms with Crippen molar-refractivity contribution in [2.75, 3.05) is 5.73 Å². The van der Waals surface area contributed by atoms with Crippen molar-refractivity contribution in [1.29, 1.82) is 0 Å². The van der Waals surface area contributed by atoms with Gasteiger partial charge in [0.1, 0.15) is 11.6 Å². The van der Waals surface area contributed by atoms with E-state index >= 15 is 0 Å². The Balaban J connectivity index is 2.34. The van der Waals surface area contributed by atoms with E-state index in [0.717, 1.165) is 18.1 Å². The van der Waals surface area contributed by atoms with E-state index in [9.17, 15) is 0 Å².